The number of nitrogens with zero attached hydrogens (tertiary/aromatic N) is 1. The van der Waals surface area contributed by atoms with Gasteiger partial charge >= 0.3 is 5.97 Å². The van der Waals surface area contributed by atoms with Gasteiger partial charge in [0.1, 0.15) is 0 Å². The lowest BCUT2D eigenvalue weighted by Gasteiger charge is -2.24. The van der Waals surface area contributed by atoms with Crippen molar-refractivity contribution in [3.05, 3.63) is 47.7 Å². The third-order valence-electron chi connectivity index (χ3n) is 4.02. The Bertz CT molecular complexity index is 945. The van der Waals surface area contributed by atoms with Crippen molar-refractivity contribution in [3.8, 4) is 0 Å². The van der Waals surface area contributed by atoms with E-state index in [9.17, 15) is 18.0 Å². The van der Waals surface area contributed by atoms with Crippen LogP contribution >= 0.6 is 0 Å². The second-order valence-electron chi connectivity index (χ2n) is 5.89. The van der Waals surface area contributed by atoms with Gasteiger partial charge in [-0.25, -0.2) is 13.2 Å². The van der Waals surface area contributed by atoms with Crippen LogP contribution < -0.4 is 5.32 Å². The molecule has 1 aromatic carbocycles. The molecule has 9 nitrogen and oxygen atoms in total. The van der Waals surface area contributed by atoms with E-state index in [2.05, 4.69) is 5.32 Å². The number of benzene rings is 1. The van der Waals surface area contributed by atoms with E-state index in [-0.39, 0.29) is 30.5 Å². The minimum Gasteiger partial charge on any atom is -0.462 e. The Morgan fingerprint density at radius 2 is 1.79 bits per heavy atom. The van der Waals surface area contributed by atoms with Gasteiger partial charge < -0.3 is 19.2 Å². The van der Waals surface area contributed by atoms with Crippen molar-refractivity contribution in [2.45, 2.75) is 12.0 Å². The van der Waals surface area contributed by atoms with E-state index in [0.29, 0.717) is 24.5 Å². The first-order chi connectivity index (χ1) is 13.4. The standard InChI is InChI=1S/C18H20N2O7S/c1-2-26-18(22)13-3-5-14(6-4-13)19-17(21)15-7-8-16(27-15)28(23,24)20-9-11-25-12-10-20/h3-8H,2,9-12H2,1H3,(H,19,21). The third-order valence-corrected chi connectivity index (χ3v) is 5.80. The lowest BCUT2D eigenvalue weighted by Crippen LogP contribution is -2.40. The maximum atomic E-state index is 12.5. The number of rotatable bonds is 6. The van der Waals surface area contributed by atoms with Gasteiger partial charge in [0.25, 0.3) is 15.9 Å². The highest BCUT2D eigenvalue weighted by molar-refractivity contribution is 7.89. The summed E-state index contributed by atoms with van der Waals surface area (Å²) in [4.78, 5) is 24.0. The molecule has 10 heteroatoms. The Morgan fingerprint density at radius 1 is 1.11 bits per heavy atom. The van der Waals surface area contributed by atoms with Gasteiger partial charge in [-0.15, -0.1) is 0 Å². The second-order valence-corrected chi connectivity index (χ2v) is 7.76. The number of ether oxygens (including phenoxy) is 2. The number of esters is 1. The number of sulfonamides is 1. The van der Waals surface area contributed by atoms with E-state index in [1.807, 2.05) is 0 Å². The third kappa shape index (κ3) is 4.41. The van der Waals surface area contributed by atoms with E-state index in [1.54, 1.807) is 19.1 Å². The van der Waals surface area contributed by atoms with Crippen LogP contribution in [0.2, 0.25) is 0 Å². The van der Waals surface area contributed by atoms with Gasteiger partial charge in [-0.05, 0) is 43.3 Å². The molecule has 0 unspecified atom stereocenters. The molecular weight excluding hydrogens is 388 g/mol. The molecule has 1 fully saturated rings. The predicted octanol–water partition coefficient (Wildman–Crippen LogP) is 1.73. The summed E-state index contributed by atoms with van der Waals surface area (Å²) < 4.78 is 41.6. The fourth-order valence-electron chi connectivity index (χ4n) is 2.59. The number of morpholine rings is 1. The number of amides is 1. The minimum atomic E-state index is -3.81. The fourth-order valence-corrected chi connectivity index (χ4v) is 3.91. The summed E-state index contributed by atoms with van der Waals surface area (Å²) >= 11 is 0. The highest BCUT2D eigenvalue weighted by atomic mass is 32.2. The first-order valence-electron chi connectivity index (χ1n) is 8.68. The van der Waals surface area contributed by atoms with Crippen molar-refractivity contribution in [1.29, 1.82) is 0 Å². The van der Waals surface area contributed by atoms with E-state index in [0.717, 1.165) is 0 Å². The van der Waals surface area contributed by atoms with Gasteiger partial charge in [0.05, 0.1) is 25.4 Å². The molecule has 2 heterocycles. The van der Waals surface area contributed by atoms with Gasteiger partial charge in [0.15, 0.2) is 5.76 Å². The molecule has 1 amide bonds. The van der Waals surface area contributed by atoms with Crippen molar-refractivity contribution in [2.75, 3.05) is 38.2 Å². The molecular formula is C18H20N2O7S. The summed E-state index contributed by atoms with van der Waals surface area (Å²) in [6.45, 7) is 3.08. The lowest BCUT2D eigenvalue weighted by molar-refractivity contribution is 0.0526. The largest absolute Gasteiger partial charge is 0.462 e. The Kier molecular flexibility index (Phi) is 6.12. The number of anilines is 1. The quantitative estimate of drug-likeness (QED) is 0.724. The molecule has 0 radical (unpaired) electrons. The van der Waals surface area contributed by atoms with Crippen LogP contribution in [-0.2, 0) is 19.5 Å². The topological polar surface area (TPSA) is 115 Å². The van der Waals surface area contributed by atoms with Crippen LogP contribution in [0, 0.1) is 0 Å². The van der Waals surface area contributed by atoms with Crippen LogP contribution in [0.3, 0.4) is 0 Å². The summed E-state index contributed by atoms with van der Waals surface area (Å²) in [5, 5.41) is 2.29. The van der Waals surface area contributed by atoms with Crippen LogP contribution in [0.25, 0.3) is 0 Å². The molecule has 1 aliphatic rings. The first kappa shape index (κ1) is 20.1. The zero-order valence-corrected chi connectivity index (χ0v) is 16.0. The number of hydrogen-bond acceptors (Lipinski definition) is 7. The summed E-state index contributed by atoms with van der Waals surface area (Å²) in [5.41, 5.74) is 0.781. The van der Waals surface area contributed by atoms with Gasteiger partial charge in [0, 0.05) is 18.8 Å². The molecule has 28 heavy (non-hydrogen) atoms. The highest BCUT2D eigenvalue weighted by Gasteiger charge is 2.30. The summed E-state index contributed by atoms with van der Waals surface area (Å²) in [6.07, 6.45) is 0. The number of furan rings is 1. The summed E-state index contributed by atoms with van der Waals surface area (Å²) in [6, 6.07) is 8.67. The van der Waals surface area contributed by atoms with E-state index >= 15 is 0 Å². The van der Waals surface area contributed by atoms with E-state index in [4.69, 9.17) is 13.9 Å². The number of nitrogens with one attached hydrogen (secondary N) is 1. The van der Waals surface area contributed by atoms with Crippen LogP contribution in [0.5, 0.6) is 0 Å². The molecule has 0 saturated carbocycles. The predicted molar refractivity (Wildman–Crippen MR) is 98.6 cm³/mol. The molecule has 1 aliphatic heterocycles. The van der Waals surface area contributed by atoms with Crippen LogP contribution in [-0.4, -0.2) is 57.5 Å². The average Bonchev–Trinajstić information content (AvgIpc) is 3.21. The fraction of sp³-hybridized carbons (Fsp3) is 0.333. The molecule has 2 aromatic rings. The van der Waals surface area contributed by atoms with Crippen LogP contribution in [0.1, 0.15) is 27.8 Å². The van der Waals surface area contributed by atoms with Gasteiger partial charge in [-0.1, -0.05) is 0 Å². The Hall–Kier alpha value is -2.69. The normalized spacial score (nSPS) is 15.2. The highest BCUT2D eigenvalue weighted by Crippen LogP contribution is 2.21. The van der Waals surface area contributed by atoms with Crippen molar-refractivity contribution in [2.24, 2.45) is 0 Å². The molecule has 0 aliphatic carbocycles. The van der Waals surface area contributed by atoms with Crippen LogP contribution in [0.15, 0.2) is 45.9 Å². The maximum Gasteiger partial charge on any atom is 0.338 e. The molecule has 0 spiro atoms. The van der Waals surface area contributed by atoms with Crippen molar-refractivity contribution >= 4 is 27.6 Å². The average molecular weight is 408 g/mol. The van der Waals surface area contributed by atoms with Crippen molar-refractivity contribution in [3.63, 3.8) is 0 Å². The Balaban J connectivity index is 1.68. The zero-order valence-electron chi connectivity index (χ0n) is 15.2. The molecule has 150 valence electrons. The molecule has 1 saturated heterocycles. The number of carbonyl (C=O) groups excluding carboxylic acids is 2. The smallest absolute Gasteiger partial charge is 0.338 e. The molecule has 1 N–H and O–H groups in total. The molecule has 0 atom stereocenters. The Morgan fingerprint density at radius 3 is 2.43 bits per heavy atom. The van der Waals surface area contributed by atoms with Crippen molar-refractivity contribution in [1.82, 2.24) is 4.31 Å². The van der Waals surface area contributed by atoms with Crippen molar-refractivity contribution < 1.29 is 31.9 Å². The molecule has 0 bridgehead atoms. The number of hydrogen-bond donors (Lipinski definition) is 1. The molecule has 3 rings (SSSR count). The van der Waals surface area contributed by atoms with Crippen LogP contribution in [0.4, 0.5) is 5.69 Å². The van der Waals surface area contributed by atoms with E-state index < -0.39 is 21.9 Å². The minimum absolute atomic E-state index is 0.138. The SMILES string of the molecule is CCOC(=O)c1ccc(NC(=O)c2ccc(S(=O)(=O)N3CCOCC3)o2)cc1. The lowest BCUT2D eigenvalue weighted by atomic mass is 10.2. The Labute approximate surface area is 162 Å². The first-order valence-corrected chi connectivity index (χ1v) is 10.1. The summed E-state index contributed by atoms with van der Waals surface area (Å²) in [7, 11) is -3.81. The van der Waals surface area contributed by atoms with Gasteiger partial charge in [-0.3, -0.25) is 4.79 Å². The monoisotopic (exact) mass is 408 g/mol. The maximum absolute atomic E-state index is 12.5. The van der Waals surface area contributed by atoms with E-state index in [1.165, 1.54) is 28.6 Å². The van der Waals surface area contributed by atoms with Gasteiger partial charge in [-0.2, -0.15) is 4.31 Å². The number of carbonyl (C=O) groups is 2. The van der Waals surface area contributed by atoms with Gasteiger partial charge in [0.2, 0.25) is 5.09 Å². The molecule has 1 aromatic heterocycles. The second kappa shape index (κ2) is 8.55. The summed E-state index contributed by atoms with van der Waals surface area (Å²) in [5.74, 6) is -1.20. The zero-order chi connectivity index (χ0) is 20.1.